The Morgan fingerprint density at radius 3 is 2.73 bits per heavy atom. The minimum absolute atomic E-state index is 0. The van der Waals surface area contributed by atoms with Gasteiger partial charge in [0.1, 0.15) is 0 Å². The quantitative estimate of drug-likeness (QED) is 0.489. The molecule has 1 N–H and O–H groups in total. The van der Waals surface area contributed by atoms with Crippen LogP contribution < -0.4 is 5.32 Å². The van der Waals surface area contributed by atoms with Crippen LogP contribution in [0.3, 0.4) is 0 Å². The van der Waals surface area contributed by atoms with E-state index in [1.807, 2.05) is 12.4 Å². The van der Waals surface area contributed by atoms with Gasteiger partial charge in [-0.05, 0) is 54.8 Å². The second kappa shape index (κ2) is 10.5. The number of benzene rings is 2. The standard InChI is InChI=1S/C23H26N2.CH4/c1-19(8-4-2-5-9-20-10-6-3-7-11-20)25-17-21-12-13-23-18-24-15-14-22(23)16-21;/h3,5-7,9-16,18-19,25H,2,4,8,17H2,1H3;1H4/b9-5+;/t19-;/m1./s1. The zero-order valence-electron chi connectivity index (χ0n) is 14.9. The monoisotopic (exact) mass is 346 g/mol. The number of nitrogens with one attached hydrogen (secondary N) is 1. The highest BCUT2D eigenvalue weighted by molar-refractivity contribution is 5.81. The predicted octanol–water partition coefficient (Wildman–Crippen LogP) is 6.23. The lowest BCUT2D eigenvalue weighted by Gasteiger charge is -2.13. The van der Waals surface area contributed by atoms with E-state index in [1.165, 1.54) is 34.7 Å². The molecule has 3 aromatic rings. The zero-order chi connectivity index (χ0) is 17.3. The highest BCUT2D eigenvalue weighted by atomic mass is 14.9. The van der Waals surface area contributed by atoms with Crippen molar-refractivity contribution in [2.24, 2.45) is 0 Å². The first-order valence-corrected chi connectivity index (χ1v) is 9.09. The number of aromatic nitrogens is 1. The Labute approximate surface area is 158 Å². The molecule has 2 nitrogen and oxygen atoms in total. The molecule has 0 amide bonds. The Morgan fingerprint density at radius 1 is 1.04 bits per heavy atom. The Hall–Kier alpha value is -2.45. The van der Waals surface area contributed by atoms with Crippen molar-refractivity contribution in [3.8, 4) is 0 Å². The minimum Gasteiger partial charge on any atom is -0.310 e. The van der Waals surface area contributed by atoms with Crippen LogP contribution in [-0.4, -0.2) is 11.0 Å². The number of fused-ring (bicyclic) bond motifs is 1. The molecular formula is C24H30N2. The van der Waals surface area contributed by atoms with E-state index in [0.717, 1.165) is 13.0 Å². The van der Waals surface area contributed by atoms with Gasteiger partial charge in [0.05, 0.1) is 0 Å². The first-order chi connectivity index (χ1) is 12.3. The Morgan fingerprint density at radius 2 is 1.88 bits per heavy atom. The minimum atomic E-state index is 0. The smallest absolute Gasteiger partial charge is 0.0346 e. The van der Waals surface area contributed by atoms with Crippen LogP contribution in [0.4, 0.5) is 0 Å². The molecule has 136 valence electrons. The lowest BCUT2D eigenvalue weighted by Crippen LogP contribution is -2.25. The number of unbranched alkanes of at least 4 members (excludes halogenated alkanes) is 1. The van der Waals surface area contributed by atoms with Crippen molar-refractivity contribution in [2.75, 3.05) is 0 Å². The molecule has 0 radical (unpaired) electrons. The molecule has 0 unspecified atom stereocenters. The topological polar surface area (TPSA) is 24.9 Å². The number of rotatable bonds is 8. The second-order valence-electron chi connectivity index (χ2n) is 6.58. The van der Waals surface area contributed by atoms with Crippen LogP contribution in [0, 0.1) is 0 Å². The fourth-order valence-electron chi connectivity index (χ4n) is 2.96. The number of hydrogen-bond acceptors (Lipinski definition) is 2. The van der Waals surface area contributed by atoms with Gasteiger partial charge in [-0.1, -0.05) is 62.0 Å². The molecule has 26 heavy (non-hydrogen) atoms. The zero-order valence-corrected chi connectivity index (χ0v) is 14.9. The molecule has 2 heteroatoms. The molecule has 0 aliphatic heterocycles. The molecule has 0 saturated heterocycles. The highest BCUT2D eigenvalue weighted by Gasteiger charge is 2.02. The molecular weight excluding hydrogens is 316 g/mol. The summed E-state index contributed by atoms with van der Waals surface area (Å²) in [5.41, 5.74) is 2.61. The maximum absolute atomic E-state index is 4.16. The van der Waals surface area contributed by atoms with E-state index in [-0.39, 0.29) is 7.43 Å². The molecule has 0 saturated carbocycles. The van der Waals surface area contributed by atoms with Gasteiger partial charge in [-0.15, -0.1) is 0 Å². The van der Waals surface area contributed by atoms with Crippen molar-refractivity contribution in [3.05, 3.63) is 84.2 Å². The highest BCUT2D eigenvalue weighted by Crippen LogP contribution is 2.14. The summed E-state index contributed by atoms with van der Waals surface area (Å²) < 4.78 is 0. The Kier molecular flexibility index (Phi) is 8.04. The van der Waals surface area contributed by atoms with E-state index >= 15 is 0 Å². The average molecular weight is 347 g/mol. The predicted molar refractivity (Wildman–Crippen MR) is 114 cm³/mol. The third-order valence-corrected chi connectivity index (χ3v) is 4.48. The van der Waals surface area contributed by atoms with Crippen LogP contribution in [-0.2, 0) is 6.54 Å². The molecule has 1 atom stereocenters. The van der Waals surface area contributed by atoms with Crippen LogP contribution in [0.25, 0.3) is 16.8 Å². The van der Waals surface area contributed by atoms with Gasteiger partial charge in [0.2, 0.25) is 0 Å². The summed E-state index contributed by atoms with van der Waals surface area (Å²) in [5, 5.41) is 6.09. The van der Waals surface area contributed by atoms with Gasteiger partial charge < -0.3 is 5.32 Å². The van der Waals surface area contributed by atoms with Gasteiger partial charge in [-0.3, -0.25) is 4.98 Å². The van der Waals surface area contributed by atoms with E-state index in [4.69, 9.17) is 0 Å². The molecule has 0 fully saturated rings. The van der Waals surface area contributed by atoms with Crippen molar-refractivity contribution in [2.45, 2.75) is 46.2 Å². The van der Waals surface area contributed by atoms with Gasteiger partial charge in [0.15, 0.2) is 0 Å². The van der Waals surface area contributed by atoms with E-state index in [1.54, 1.807) is 0 Å². The Balaban J connectivity index is 0.00000243. The van der Waals surface area contributed by atoms with E-state index in [2.05, 4.69) is 84.0 Å². The SMILES string of the molecule is C.C[C@H](CCC/C=C/c1ccccc1)NCc1ccc2cnccc2c1. The van der Waals surface area contributed by atoms with Crippen LogP contribution in [0.1, 0.15) is 44.7 Å². The number of hydrogen-bond donors (Lipinski definition) is 1. The normalized spacial score (nSPS) is 12.2. The van der Waals surface area contributed by atoms with Crippen LogP contribution in [0.5, 0.6) is 0 Å². The molecule has 0 bridgehead atoms. The summed E-state index contributed by atoms with van der Waals surface area (Å²) >= 11 is 0. The van der Waals surface area contributed by atoms with Gasteiger partial charge >= 0.3 is 0 Å². The van der Waals surface area contributed by atoms with E-state index in [9.17, 15) is 0 Å². The summed E-state index contributed by atoms with van der Waals surface area (Å²) in [6.45, 7) is 3.19. The molecule has 1 aromatic heterocycles. The first kappa shape index (κ1) is 19.9. The summed E-state index contributed by atoms with van der Waals surface area (Å²) in [7, 11) is 0. The maximum Gasteiger partial charge on any atom is 0.0346 e. The van der Waals surface area contributed by atoms with Crippen molar-refractivity contribution in [1.29, 1.82) is 0 Å². The third-order valence-electron chi connectivity index (χ3n) is 4.48. The molecule has 0 aliphatic carbocycles. The van der Waals surface area contributed by atoms with Gasteiger partial charge in [-0.2, -0.15) is 0 Å². The molecule has 0 spiro atoms. The van der Waals surface area contributed by atoms with Crippen LogP contribution >= 0.6 is 0 Å². The van der Waals surface area contributed by atoms with E-state index < -0.39 is 0 Å². The number of pyridine rings is 1. The van der Waals surface area contributed by atoms with Crippen molar-refractivity contribution >= 4 is 16.8 Å². The average Bonchev–Trinajstić information content (AvgIpc) is 2.67. The maximum atomic E-state index is 4.16. The molecule has 0 aliphatic rings. The molecule has 3 rings (SSSR count). The number of allylic oxidation sites excluding steroid dienone is 1. The summed E-state index contributed by atoms with van der Waals surface area (Å²) in [6.07, 6.45) is 11.8. The van der Waals surface area contributed by atoms with Gasteiger partial charge in [-0.25, -0.2) is 0 Å². The summed E-state index contributed by atoms with van der Waals surface area (Å²) in [6, 6.07) is 19.7. The van der Waals surface area contributed by atoms with Gasteiger partial charge in [0.25, 0.3) is 0 Å². The third kappa shape index (κ3) is 6.12. The van der Waals surface area contributed by atoms with Crippen molar-refractivity contribution in [1.82, 2.24) is 10.3 Å². The second-order valence-corrected chi connectivity index (χ2v) is 6.58. The molecule has 1 heterocycles. The van der Waals surface area contributed by atoms with Crippen molar-refractivity contribution < 1.29 is 0 Å². The van der Waals surface area contributed by atoms with Crippen molar-refractivity contribution in [3.63, 3.8) is 0 Å². The van der Waals surface area contributed by atoms with Crippen LogP contribution in [0.15, 0.2) is 73.1 Å². The fraction of sp³-hybridized carbons (Fsp3) is 0.292. The lowest BCUT2D eigenvalue weighted by atomic mass is 10.1. The lowest BCUT2D eigenvalue weighted by molar-refractivity contribution is 0.500. The van der Waals surface area contributed by atoms with Gasteiger partial charge in [0, 0.05) is 30.4 Å². The fourth-order valence-corrected chi connectivity index (χ4v) is 2.96. The van der Waals surface area contributed by atoms with E-state index in [0.29, 0.717) is 6.04 Å². The van der Waals surface area contributed by atoms with Crippen LogP contribution in [0.2, 0.25) is 0 Å². The first-order valence-electron chi connectivity index (χ1n) is 9.09. The summed E-state index contributed by atoms with van der Waals surface area (Å²) in [4.78, 5) is 4.16. The largest absolute Gasteiger partial charge is 0.310 e. The number of nitrogens with zero attached hydrogens (tertiary/aromatic N) is 1. The Bertz CT molecular complexity index is 809. The summed E-state index contributed by atoms with van der Waals surface area (Å²) in [5.74, 6) is 0. The molecule has 2 aromatic carbocycles.